The first kappa shape index (κ1) is 20.2. The van der Waals surface area contributed by atoms with Crippen molar-refractivity contribution in [1.82, 2.24) is 15.0 Å². The molecule has 2 amide bonds. The summed E-state index contributed by atoms with van der Waals surface area (Å²) in [5.41, 5.74) is 1.52. The molecule has 2 heterocycles. The van der Waals surface area contributed by atoms with E-state index in [1.807, 2.05) is 43.3 Å². The standard InChI is InChI=1S/C22H23ClN4O3/c1-2-29-18-12-10-17(11-13-18)24-22(28)27-14-4-3-5-19(27)21-25-20(26-30-21)15-6-8-16(23)9-7-15/h6-13,19H,2-5,14H2,1H3,(H,24,28). The summed E-state index contributed by atoms with van der Waals surface area (Å²) in [5, 5.41) is 7.69. The highest BCUT2D eigenvalue weighted by Crippen LogP contribution is 2.32. The Labute approximate surface area is 180 Å². The van der Waals surface area contributed by atoms with E-state index in [2.05, 4.69) is 15.5 Å². The van der Waals surface area contributed by atoms with Crippen molar-refractivity contribution >= 4 is 23.3 Å². The number of nitrogens with one attached hydrogen (secondary N) is 1. The Bertz CT molecular complexity index is 988. The molecule has 7 nitrogen and oxygen atoms in total. The van der Waals surface area contributed by atoms with E-state index in [9.17, 15) is 4.79 Å². The highest BCUT2D eigenvalue weighted by Gasteiger charge is 2.32. The molecule has 1 aliphatic rings. The van der Waals surface area contributed by atoms with Crippen LogP contribution in [-0.2, 0) is 0 Å². The zero-order valence-corrected chi connectivity index (χ0v) is 17.4. The van der Waals surface area contributed by atoms with Gasteiger partial charge in [0.15, 0.2) is 0 Å². The molecule has 1 unspecified atom stereocenters. The van der Waals surface area contributed by atoms with E-state index in [0.29, 0.717) is 35.6 Å². The summed E-state index contributed by atoms with van der Waals surface area (Å²) >= 11 is 5.95. The van der Waals surface area contributed by atoms with Crippen LogP contribution in [0.3, 0.4) is 0 Å². The van der Waals surface area contributed by atoms with Crippen LogP contribution in [0, 0.1) is 0 Å². The SMILES string of the molecule is CCOc1ccc(NC(=O)N2CCCCC2c2nc(-c3ccc(Cl)cc3)no2)cc1. The fourth-order valence-corrected chi connectivity index (χ4v) is 3.64. The molecule has 1 aliphatic heterocycles. The van der Waals surface area contributed by atoms with Gasteiger partial charge in [0.1, 0.15) is 11.8 Å². The highest BCUT2D eigenvalue weighted by atomic mass is 35.5. The van der Waals surface area contributed by atoms with Crippen LogP contribution in [0.25, 0.3) is 11.4 Å². The molecule has 1 atom stereocenters. The summed E-state index contributed by atoms with van der Waals surface area (Å²) in [6.07, 6.45) is 2.71. The van der Waals surface area contributed by atoms with E-state index >= 15 is 0 Å². The number of carbonyl (C=O) groups is 1. The Hall–Kier alpha value is -3.06. The first-order valence-electron chi connectivity index (χ1n) is 10.0. The maximum Gasteiger partial charge on any atom is 0.322 e. The van der Waals surface area contributed by atoms with Gasteiger partial charge in [-0.15, -0.1) is 0 Å². The number of rotatable bonds is 5. The number of amides is 2. The van der Waals surface area contributed by atoms with Crippen LogP contribution in [-0.4, -0.2) is 34.2 Å². The van der Waals surface area contributed by atoms with Gasteiger partial charge in [-0.1, -0.05) is 16.8 Å². The van der Waals surface area contributed by atoms with Gasteiger partial charge < -0.3 is 19.5 Å². The molecule has 8 heteroatoms. The lowest BCUT2D eigenvalue weighted by atomic mass is 10.0. The van der Waals surface area contributed by atoms with Gasteiger partial charge in [0.2, 0.25) is 11.7 Å². The number of carbonyl (C=O) groups excluding carboxylic acids is 1. The maximum atomic E-state index is 13.0. The van der Waals surface area contributed by atoms with Crippen molar-refractivity contribution in [3.63, 3.8) is 0 Å². The molecule has 1 fully saturated rings. The molecule has 3 aromatic rings. The quantitative estimate of drug-likeness (QED) is 0.578. The molecule has 30 heavy (non-hydrogen) atoms. The van der Waals surface area contributed by atoms with Crippen molar-refractivity contribution in [2.45, 2.75) is 32.2 Å². The minimum Gasteiger partial charge on any atom is -0.494 e. The van der Waals surface area contributed by atoms with Gasteiger partial charge in [0.25, 0.3) is 0 Å². The van der Waals surface area contributed by atoms with Crippen molar-refractivity contribution in [3.8, 4) is 17.1 Å². The Kier molecular flexibility index (Phi) is 6.18. The molecule has 0 saturated carbocycles. The number of benzene rings is 2. The van der Waals surface area contributed by atoms with Crippen LogP contribution < -0.4 is 10.1 Å². The zero-order chi connectivity index (χ0) is 20.9. The van der Waals surface area contributed by atoms with E-state index in [4.69, 9.17) is 20.9 Å². The van der Waals surface area contributed by atoms with E-state index in [0.717, 1.165) is 30.6 Å². The Morgan fingerprint density at radius 2 is 1.97 bits per heavy atom. The second-order valence-corrected chi connectivity index (χ2v) is 7.49. The van der Waals surface area contributed by atoms with Crippen LogP contribution in [0.5, 0.6) is 5.75 Å². The van der Waals surface area contributed by atoms with Crippen LogP contribution in [0.15, 0.2) is 53.1 Å². The second-order valence-electron chi connectivity index (χ2n) is 7.06. The molecular formula is C22H23ClN4O3. The molecule has 1 aromatic heterocycles. The third-order valence-electron chi connectivity index (χ3n) is 5.01. The van der Waals surface area contributed by atoms with Crippen LogP contribution in [0.2, 0.25) is 5.02 Å². The summed E-state index contributed by atoms with van der Waals surface area (Å²) in [5.74, 6) is 1.70. The summed E-state index contributed by atoms with van der Waals surface area (Å²) in [6.45, 7) is 3.16. The fourth-order valence-electron chi connectivity index (χ4n) is 3.51. The Balaban J connectivity index is 1.48. The van der Waals surface area contributed by atoms with E-state index in [1.165, 1.54) is 0 Å². The van der Waals surface area contributed by atoms with Crippen molar-refractivity contribution in [2.75, 3.05) is 18.5 Å². The van der Waals surface area contributed by atoms with Gasteiger partial charge in [-0.05, 0) is 74.7 Å². The first-order chi connectivity index (χ1) is 14.6. The number of piperidine rings is 1. The van der Waals surface area contributed by atoms with Gasteiger partial charge >= 0.3 is 6.03 Å². The fraction of sp³-hybridized carbons (Fsp3) is 0.318. The van der Waals surface area contributed by atoms with Gasteiger partial charge in [-0.3, -0.25) is 0 Å². The summed E-state index contributed by atoms with van der Waals surface area (Å²) in [7, 11) is 0. The van der Waals surface area contributed by atoms with Gasteiger partial charge in [0.05, 0.1) is 6.61 Å². The van der Waals surface area contributed by atoms with E-state index in [1.54, 1.807) is 17.0 Å². The normalized spacial score (nSPS) is 16.3. The lowest BCUT2D eigenvalue weighted by molar-refractivity contribution is 0.142. The van der Waals surface area contributed by atoms with E-state index in [-0.39, 0.29) is 12.1 Å². The number of aromatic nitrogens is 2. The van der Waals surface area contributed by atoms with Crippen molar-refractivity contribution in [1.29, 1.82) is 0 Å². The van der Waals surface area contributed by atoms with Gasteiger partial charge in [-0.2, -0.15) is 4.98 Å². The molecule has 0 radical (unpaired) electrons. The first-order valence-corrected chi connectivity index (χ1v) is 10.4. The Morgan fingerprint density at radius 3 is 2.70 bits per heavy atom. The molecule has 156 valence electrons. The molecule has 1 saturated heterocycles. The second kappa shape index (κ2) is 9.17. The lowest BCUT2D eigenvalue weighted by Crippen LogP contribution is -2.41. The summed E-state index contributed by atoms with van der Waals surface area (Å²) in [6, 6.07) is 14.1. The van der Waals surface area contributed by atoms with Crippen LogP contribution in [0.1, 0.15) is 38.1 Å². The monoisotopic (exact) mass is 426 g/mol. The molecule has 1 N–H and O–H groups in total. The average molecular weight is 427 g/mol. The van der Waals surface area contributed by atoms with Crippen LogP contribution in [0.4, 0.5) is 10.5 Å². The summed E-state index contributed by atoms with van der Waals surface area (Å²) < 4.78 is 11.0. The molecular weight excluding hydrogens is 404 g/mol. The third-order valence-corrected chi connectivity index (χ3v) is 5.26. The predicted octanol–water partition coefficient (Wildman–Crippen LogP) is 5.55. The smallest absolute Gasteiger partial charge is 0.322 e. The third kappa shape index (κ3) is 4.57. The molecule has 0 bridgehead atoms. The number of hydrogen-bond donors (Lipinski definition) is 1. The lowest BCUT2D eigenvalue weighted by Gasteiger charge is -2.33. The average Bonchev–Trinajstić information content (AvgIpc) is 3.26. The molecule has 0 spiro atoms. The van der Waals surface area contributed by atoms with Crippen LogP contribution >= 0.6 is 11.6 Å². The topological polar surface area (TPSA) is 80.5 Å². The zero-order valence-electron chi connectivity index (χ0n) is 16.7. The number of anilines is 1. The van der Waals surface area contributed by atoms with Gasteiger partial charge in [-0.25, -0.2) is 4.79 Å². The molecule has 4 rings (SSSR count). The summed E-state index contributed by atoms with van der Waals surface area (Å²) in [4.78, 5) is 19.3. The maximum absolute atomic E-state index is 13.0. The number of nitrogens with zero attached hydrogens (tertiary/aromatic N) is 3. The molecule has 0 aliphatic carbocycles. The number of ether oxygens (including phenoxy) is 1. The minimum absolute atomic E-state index is 0.185. The van der Waals surface area contributed by atoms with Crippen molar-refractivity contribution in [2.24, 2.45) is 0 Å². The number of hydrogen-bond acceptors (Lipinski definition) is 5. The predicted molar refractivity (Wildman–Crippen MR) is 115 cm³/mol. The van der Waals surface area contributed by atoms with Gasteiger partial charge in [0, 0.05) is 22.8 Å². The van der Waals surface area contributed by atoms with Crippen molar-refractivity contribution in [3.05, 3.63) is 59.4 Å². The number of urea groups is 1. The molecule has 2 aromatic carbocycles. The minimum atomic E-state index is -0.255. The highest BCUT2D eigenvalue weighted by molar-refractivity contribution is 6.30. The Morgan fingerprint density at radius 1 is 1.20 bits per heavy atom. The number of halogens is 1. The number of likely N-dealkylation sites (tertiary alicyclic amines) is 1. The largest absolute Gasteiger partial charge is 0.494 e. The van der Waals surface area contributed by atoms with E-state index < -0.39 is 0 Å². The van der Waals surface area contributed by atoms with Crippen molar-refractivity contribution < 1.29 is 14.1 Å².